The number of fused-ring (bicyclic) bond motifs is 1. The van der Waals surface area contributed by atoms with Crippen LogP contribution in [0.4, 0.5) is 0 Å². The van der Waals surface area contributed by atoms with E-state index in [9.17, 15) is 29.7 Å². The van der Waals surface area contributed by atoms with Gasteiger partial charge in [0.2, 0.25) is 17.7 Å². The van der Waals surface area contributed by atoms with E-state index < -0.39 is 0 Å². The molecule has 0 spiro atoms. The topological polar surface area (TPSA) is 163 Å². The average Bonchev–Trinajstić information content (AvgIpc) is 3.61. The summed E-state index contributed by atoms with van der Waals surface area (Å²) in [5.74, 6) is -0.483. The predicted octanol–water partition coefficient (Wildman–Crippen LogP) is 3.17. The fraction of sp³-hybridized carbons (Fsp3) is 0.345. The van der Waals surface area contributed by atoms with Gasteiger partial charge in [0, 0.05) is 62.1 Å². The van der Waals surface area contributed by atoms with Gasteiger partial charge in [0.25, 0.3) is 0 Å². The van der Waals surface area contributed by atoms with Gasteiger partial charge in [0.05, 0.1) is 11.3 Å². The first kappa shape index (κ1) is 27.7. The highest BCUT2D eigenvalue weighted by Crippen LogP contribution is 2.39. The Kier molecular flexibility index (Phi) is 7.64. The third kappa shape index (κ3) is 5.58. The van der Waals surface area contributed by atoms with Crippen molar-refractivity contribution >= 4 is 28.6 Å². The lowest BCUT2D eigenvalue weighted by Crippen LogP contribution is -2.32. The van der Waals surface area contributed by atoms with E-state index in [1.54, 1.807) is 12.1 Å². The molecule has 4 aromatic rings. The average molecular weight is 561 g/mol. The van der Waals surface area contributed by atoms with E-state index in [0.717, 1.165) is 10.9 Å². The second kappa shape index (κ2) is 11.3. The number of phenols is 2. The summed E-state index contributed by atoms with van der Waals surface area (Å²) in [6.07, 6.45) is 3.06. The first-order chi connectivity index (χ1) is 19.6. The quantitative estimate of drug-likeness (QED) is 0.215. The standard InChI is InChI=1S/C29H32N6O6/c1-17(2)20-15-21(24(37)16-23(20)36)28-31-32-29(41)35(28)19-5-6-22-18(14-19)9-12-33(22)13-10-30-25(38)4-3-11-34-26(39)7-8-27(34)40/h5-6,9,12,14-17,36-37H,3-4,7-8,10-11,13H2,1-2H3,(H,30,38)(H,32,41). The van der Waals surface area contributed by atoms with Crippen molar-refractivity contribution in [2.45, 2.75) is 52.0 Å². The minimum absolute atomic E-state index is 0.00788. The van der Waals surface area contributed by atoms with E-state index in [-0.39, 0.29) is 72.8 Å². The van der Waals surface area contributed by atoms with E-state index in [2.05, 4.69) is 15.5 Å². The van der Waals surface area contributed by atoms with Crippen LogP contribution in [0.15, 0.2) is 42.6 Å². The molecule has 1 fully saturated rings. The van der Waals surface area contributed by atoms with Crippen molar-refractivity contribution in [3.8, 4) is 34.6 Å². The molecule has 5 rings (SSSR count). The summed E-state index contributed by atoms with van der Waals surface area (Å²) in [4.78, 5) is 36.8. The molecule has 0 atom stereocenters. The van der Waals surface area contributed by atoms with Crippen molar-refractivity contribution in [1.29, 1.82) is 0 Å². The Morgan fingerprint density at radius 2 is 1.73 bits per heavy atom. The number of aromatic hydroxyl groups is 3. The van der Waals surface area contributed by atoms with Gasteiger partial charge in [0.1, 0.15) is 11.5 Å². The summed E-state index contributed by atoms with van der Waals surface area (Å²) >= 11 is 0. The van der Waals surface area contributed by atoms with Gasteiger partial charge in [-0.2, -0.15) is 0 Å². The van der Waals surface area contributed by atoms with Crippen LogP contribution in [0.25, 0.3) is 28.0 Å². The summed E-state index contributed by atoms with van der Waals surface area (Å²) in [6, 6.07) is 10.0. The molecule has 0 unspecified atom stereocenters. The molecule has 2 aromatic carbocycles. The molecule has 0 aliphatic carbocycles. The van der Waals surface area contributed by atoms with Gasteiger partial charge in [-0.05, 0) is 48.2 Å². The maximum atomic E-state index is 12.3. The number of phenolic OH excluding ortho intramolecular Hbond substituents is 2. The van der Waals surface area contributed by atoms with E-state index >= 15 is 0 Å². The van der Waals surface area contributed by atoms with Crippen molar-refractivity contribution < 1.29 is 29.7 Å². The second-order valence-corrected chi connectivity index (χ2v) is 10.4. The van der Waals surface area contributed by atoms with Crippen LogP contribution in [0.5, 0.6) is 17.5 Å². The van der Waals surface area contributed by atoms with Gasteiger partial charge < -0.3 is 25.2 Å². The zero-order valence-electron chi connectivity index (χ0n) is 22.9. The van der Waals surface area contributed by atoms with Gasteiger partial charge in [-0.15, -0.1) is 5.10 Å². The zero-order valence-corrected chi connectivity index (χ0v) is 22.9. The molecule has 214 valence electrons. The van der Waals surface area contributed by atoms with Crippen LogP contribution in [0.3, 0.4) is 0 Å². The van der Waals surface area contributed by atoms with E-state index in [1.165, 1.54) is 15.5 Å². The molecule has 41 heavy (non-hydrogen) atoms. The summed E-state index contributed by atoms with van der Waals surface area (Å²) in [6.45, 7) is 5.04. The van der Waals surface area contributed by atoms with Crippen LogP contribution >= 0.6 is 0 Å². The van der Waals surface area contributed by atoms with Gasteiger partial charge in [-0.3, -0.25) is 19.3 Å². The van der Waals surface area contributed by atoms with Gasteiger partial charge in [-0.25, -0.2) is 4.57 Å². The van der Waals surface area contributed by atoms with Crippen molar-refractivity contribution in [2.24, 2.45) is 0 Å². The minimum atomic E-state index is -0.349. The normalized spacial score (nSPS) is 13.6. The number of carbonyl (C=O) groups excluding carboxylic acids is 3. The van der Waals surface area contributed by atoms with Crippen LogP contribution in [0.1, 0.15) is 51.0 Å². The number of imide groups is 1. The lowest BCUT2D eigenvalue weighted by atomic mass is 9.98. The number of amides is 3. The van der Waals surface area contributed by atoms with Crippen LogP contribution in [-0.2, 0) is 20.9 Å². The van der Waals surface area contributed by atoms with E-state index in [0.29, 0.717) is 36.3 Å². The van der Waals surface area contributed by atoms with Crippen LogP contribution < -0.4 is 5.32 Å². The third-order valence-electron chi connectivity index (χ3n) is 7.28. The number of nitrogens with one attached hydrogen (secondary N) is 1. The van der Waals surface area contributed by atoms with Gasteiger partial charge in [0.15, 0.2) is 5.82 Å². The van der Waals surface area contributed by atoms with Gasteiger partial charge in [-0.1, -0.05) is 18.9 Å². The Hall–Kier alpha value is -4.87. The van der Waals surface area contributed by atoms with E-state index in [1.807, 2.05) is 42.8 Å². The first-order valence-electron chi connectivity index (χ1n) is 13.5. The summed E-state index contributed by atoms with van der Waals surface area (Å²) in [7, 11) is 0. The fourth-order valence-electron chi connectivity index (χ4n) is 5.12. The Morgan fingerprint density at radius 1 is 0.976 bits per heavy atom. The minimum Gasteiger partial charge on any atom is -0.508 e. The number of likely N-dealkylation sites (tertiary alicyclic amines) is 1. The molecule has 0 radical (unpaired) electrons. The van der Waals surface area contributed by atoms with E-state index in [4.69, 9.17) is 0 Å². The lowest BCUT2D eigenvalue weighted by molar-refractivity contribution is -0.138. The molecule has 0 saturated carbocycles. The van der Waals surface area contributed by atoms with Crippen LogP contribution in [-0.4, -0.2) is 70.4 Å². The maximum absolute atomic E-state index is 12.3. The number of aromatic nitrogens is 4. The number of carbonyl (C=O) groups is 3. The second-order valence-electron chi connectivity index (χ2n) is 10.4. The summed E-state index contributed by atoms with van der Waals surface area (Å²) < 4.78 is 3.42. The number of benzene rings is 2. The molecule has 1 saturated heterocycles. The van der Waals surface area contributed by atoms with Crippen molar-refractivity contribution in [2.75, 3.05) is 13.1 Å². The molecule has 4 N–H and O–H groups in total. The largest absolute Gasteiger partial charge is 0.508 e. The first-order valence-corrected chi connectivity index (χ1v) is 13.5. The highest BCUT2D eigenvalue weighted by molar-refractivity contribution is 6.01. The molecule has 1 aliphatic heterocycles. The summed E-state index contributed by atoms with van der Waals surface area (Å²) in [5.41, 5.74) is 2.45. The molecule has 1 aliphatic rings. The number of nitrogens with zero attached hydrogens (tertiary/aromatic N) is 5. The maximum Gasteiger partial charge on any atom is 0.319 e. The van der Waals surface area contributed by atoms with Crippen molar-refractivity contribution in [3.63, 3.8) is 0 Å². The number of rotatable bonds is 10. The molecule has 3 heterocycles. The van der Waals surface area contributed by atoms with Crippen molar-refractivity contribution in [1.82, 2.24) is 29.5 Å². The lowest BCUT2D eigenvalue weighted by Gasteiger charge is -2.14. The smallest absolute Gasteiger partial charge is 0.319 e. The Bertz CT molecular complexity index is 1620. The highest BCUT2D eigenvalue weighted by Gasteiger charge is 2.28. The predicted molar refractivity (Wildman–Crippen MR) is 150 cm³/mol. The van der Waals surface area contributed by atoms with Crippen LogP contribution in [0.2, 0.25) is 0 Å². The Morgan fingerprint density at radius 3 is 2.46 bits per heavy atom. The SMILES string of the molecule is CC(C)c1cc(-c2nnc(O)n2-c2ccc3c(ccn3CCNC(=O)CCCN3C(=O)CCC3=O)c2)c(O)cc1O. The monoisotopic (exact) mass is 560 g/mol. The van der Waals surface area contributed by atoms with Crippen LogP contribution in [0, 0.1) is 0 Å². The molecule has 2 aromatic heterocycles. The Labute approximate surface area is 235 Å². The highest BCUT2D eigenvalue weighted by atomic mass is 16.3. The summed E-state index contributed by atoms with van der Waals surface area (Å²) in [5, 5.41) is 43.0. The Balaban J connectivity index is 1.26. The zero-order chi connectivity index (χ0) is 29.3. The molecular formula is C29H32N6O6. The van der Waals surface area contributed by atoms with Gasteiger partial charge >= 0.3 is 6.01 Å². The van der Waals surface area contributed by atoms with Crippen molar-refractivity contribution in [3.05, 3.63) is 48.2 Å². The number of hydrogen-bond donors (Lipinski definition) is 4. The number of hydrogen-bond acceptors (Lipinski definition) is 8. The third-order valence-corrected chi connectivity index (χ3v) is 7.28. The molecule has 12 heteroatoms. The molecular weight excluding hydrogens is 528 g/mol. The molecule has 12 nitrogen and oxygen atoms in total. The molecule has 3 amide bonds. The molecule has 0 bridgehead atoms. The fourth-order valence-corrected chi connectivity index (χ4v) is 5.12.